The molecule has 31 heavy (non-hydrogen) atoms. The molecule has 0 aliphatic heterocycles. The molecule has 7 nitrogen and oxygen atoms in total. The Morgan fingerprint density at radius 3 is 2.94 bits per heavy atom. The van der Waals surface area contributed by atoms with Crippen molar-refractivity contribution < 1.29 is 9.53 Å². The van der Waals surface area contributed by atoms with Crippen molar-refractivity contribution in [1.29, 1.82) is 0 Å². The van der Waals surface area contributed by atoms with Gasteiger partial charge in [0, 0.05) is 35.6 Å². The van der Waals surface area contributed by atoms with Crippen LogP contribution < -0.4 is 15.8 Å². The Kier molecular flexibility index (Phi) is 6.22. The summed E-state index contributed by atoms with van der Waals surface area (Å²) < 4.78 is 8.21. The molecule has 160 valence electrons. The molecule has 1 atom stereocenters. The SMILES string of the molecule is CNCc1ccc([C@@H](C)Oc2cc(-c3cnc4cnccn34)sc2CC(N)=O)c(Cl)c1. The lowest BCUT2D eigenvalue weighted by Gasteiger charge is -2.17. The van der Waals surface area contributed by atoms with Crippen LogP contribution in [0, 0.1) is 0 Å². The van der Waals surface area contributed by atoms with Crippen LogP contribution in [0.3, 0.4) is 0 Å². The van der Waals surface area contributed by atoms with Crippen LogP contribution in [0.2, 0.25) is 5.02 Å². The molecular formula is C22H22ClN5O2S. The van der Waals surface area contributed by atoms with Gasteiger partial charge in [0.1, 0.15) is 11.9 Å². The monoisotopic (exact) mass is 455 g/mol. The van der Waals surface area contributed by atoms with E-state index in [1.54, 1.807) is 18.6 Å². The number of carbonyl (C=O) groups is 1. The Morgan fingerprint density at radius 1 is 1.35 bits per heavy atom. The highest BCUT2D eigenvalue weighted by Gasteiger charge is 2.20. The largest absolute Gasteiger partial charge is 0.485 e. The highest BCUT2D eigenvalue weighted by Crippen LogP contribution is 2.39. The summed E-state index contributed by atoms with van der Waals surface area (Å²) in [6, 6.07) is 7.85. The molecule has 1 amide bonds. The van der Waals surface area contributed by atoms with Crippen molar-refractivity contribution in [2.24, 2.45) is 5.73 Å². The number of hydrogen-bond acceptors (Lipinski definition) is 6. The molecule has 0 saturated heterocycles. The van der Waals surface area contributed by atoms with Gasteiger partial charge < -0.3 is 15.8 Å². The van der Waals surface area contributed by atoms with Gasteiger partial charge in [-0.15, -0.1) is 11.3 Å². The summed E-state index contributed by atoms with van der Waals surface area (Å²) in [6.45, 7) is 2.67. The summed E-state index contributed by atoms with van der Waals surface area (Å²) in [5, 5.41) is 3.75. The van der Waals surface area contributed by atoms with E-state index in [9.17, 15) is 4.79 Å². The predicted octanol–water partition coefficient (Wildman–Crippen LogP) is 4.00. The van der Waals surface area contributed by atoms with Crippen LogP contribution >= 0.6 is 22.9 Å². The van der Waals surface area contributed by atoms with E-state index < -0.39 is 5.91 Å². The molecule has 9 heteroatoms. The van der Waals surface area contributed by atoms with Crippen LogP contribution in [0.4, 0.5) is 0 Å². The minimum Gasteiger partial charge on any atom is -0.485 e. The fraction of sp³-hybridized carbons (Fsp3) is 0.227. The van der Waals surface area contributed by atoms with Gasteiger partial charge in [0.05, 0.1) is 34.3 Å². The first kappa shape index (κ1) is 21.3. The number of hydrogen-bond donors (Lipinski definition) is 2. The van der Waals surface area contributed by atoms with Crippen molar-refractivity contribution in [2.75, 3.05) is 7.05 Å². The Balaban J connectivity index is 1.66. The van der Waals surface area contributed by atoms with Crippen LogP contribution in [0.15, 0.2) is 49.1 Å². The molecule has 4 rings (SSSR count). The summed E-state index contributed by atoms with van der Waals surface area (Å²) in [4.78, 5) is 21.8. The molecule has 4 aromatic rings. The summed E-state index contributed by atoms with van der Waals surface area (Å²) in [7, 11) is 1.89. The molecule has 0 saturated carbocycles. The average molecular weight is 456 g/mol. The Bertz CT molecular complexity index is 1240. The Morgan fingerprint density at radius 2 is 2.19 bits per heavy atom. The number of fused-ring (bicyclic) bond motifs is 1. The number of thiophene rings is 1. The minimum atomic E-state index is -0.414. The number of aromatic nitrogens is 3. The van der Waals surface area contributed by atoms with Gasteiger partial charge in [-0.1, -0.05) is 23.7 Å². The van der Waals surface area contributed by atoms with E-state index in [4.69, 9.17) is 22.1 Å². The van der Waals surface area contributed by atoms with Crippen LogP contribution in [-0.4, -0.2) is 27.3 Å². The molecule has 0 fully saturated rings. The molecular weight excluding hydrogens is 434 g/mol. The number of nitrogens with zero attached hydrogens (tertiary/aromatic N) is 3. The van der Waals surface area contributed by atoms with Crippen LogP contribution in [0.25, 0.3) is 16.2 Å². The number of ether oxygens (including phenoxy) is 1. The lowest BCUT2D eigenvalue weighted by Crippen LogP contribution is -2.14. The number of carbonyl (C=O) groups excluding carboxylic acids is 1. The average Bonchev–Trinajstić information content (AvgIpc) is 3.32. The van der Waals surface area contributed by atoms with E-state index in [-0.39, 0.29) is 12.5 Å². The molecule has 0 bridgehead atoms. The second kappa shape index (κ2) is 9.05. The lowest BCUT2D eigenvalue weighted by atomic mass is 10.1. The van der Waals surface area contributed by atoms with Crippen molar-refractivity contribution >= 4 is 34.5 Å². The van der Waals surface area contributed by atoms with Gasteiger partial charge in [-0.25, -0.2) is 4.98 Å². The van der Waals surface area contributed by atoms with Crippen molar-refractivity contribution in [1.82, 2.24) is 19.7 Å². The highest BCUT2D eigenvalue weighted by molar-refractivity contribution is 7.15. The molecule has 3 heterocycles. The third-order valence-corrected chi connectivity index (χ3v) is 6.33. The van der Waals surface area contributed by atoms with E-state index in [2.05, 4.69) is 15.3 Å². The standard InChI is InChI=1S/C22H22ClN5O2S/c1-13(15-4-3-14(10-25-2)7-16(15)23)30-18-8-19(31-20(18)9-21(24)29)17-11-27-22-12-26-5-6-28(17)22/h3-8,11-13,25H,9-10H2,1-2H3,(H2,24,29)/t13-/m1/s1. The number of primary amides is 1. The zero-order valence-corrected chi connectivity index (χ0v) is 18.7. The minimum absolute atomic E-state index is 0.0971. The zero-order valence-electron chi connectivity index (χ0n) is 17.1. The van der Waals surface area contributed by atoms with Gasteiger partial charge in [0.25, 0.3) is 0 Å². The maximum atomic E-state index is 11.7. The molecule has 0 radical (unpaired) electrons. The van der Waals surface area contributed by atoms with Crippen molar-refractivity contribution in [3.8, 4) is 16.3 Å². The van der Waals surface area contributed by atoms with Crippen LogP contribution in [0.1, 0.15) is 29.0 Å². The lowest BCUT2D eigenvalue weighted by molar-refractivity contribution is -0.117. The normalized spacial score (nSPS) is 12.2. The molecule has 0 spiro atoms. The van der Waals surface area contributed by atoms with Crippen molar-refractivity contribution in [3.05, 3.63) is 70.1 Å². The highest BCUT2D eigenvalue weighted by atomic mass is 35.5. The van der Waals surface area contributed by atoms with E-state index in [0.717, 1.165) is 38.8 Å². The first-order valence-electron chi connectivity index (χ1n) is 9.74. The summed E-state index contributed by atoms with van der Waals surface area (Å²) in [5.41, 5.74) is 9.09. The summed E-state index contributed by atoms with van der Waals surface area (Å²) >= 11 is 7.97. The first-order chi connectivity index (χ1) is 15.0. The number of amides is 1. The van der Waals surface area contributed by atoms with Crippen molar-refractivity contribution in [2.45, 2.75) is 26.0 Å². The molecule has 1 aromatic carbocycles. The zero-order chi connectivity index (χ0) is 22.0. The fourth-order valence-corrected chi connectivity index (χ4v) is 4.88. The number of rotatable bonds is 8. The molecule has 0 aliphatic carbocycles. The van der Waals surface area contributed by atoms with E-state index in [1.165, 1.54) is 11.3 Å². The Hall–Kier alpha value is -2.94. The van der Waals surface area contributed by atoms with E-state index >= 15 is 0 Å². The van der Waals surface area contributed by atoms with E-state index in [1.807, 2.05) is 48.8 Å². The number of halogens is 1. The molecule has 3 N–H and O–H groups in total. The number of imidazole rings is 1. The van der Waals surface area contributed by atoms with Crippen molar-refractivity contribution in [3.63, 3.8) is 0 Å². The number of nitrogens with two attached hydrogens (primary N) is 1. The fourth-order valence-electron chi connectivity index (χ4n) is 3.41. The summed E-state index contributed by atoms with van der Waals surface area (Å²) in [5.74, 6) is 0.202. The van der Waals surface area contributed by atoms with Gasteiger partial charge in [-0.2, -0.15) is 0 Å². The molecule has 3 aromatic heterocycles. The van der Waals surface area contributed by atoms with Gasteiger partial charge in [-0.3, -0.25) is 14.2 Å². The van der Waals surface area contributed by atoms with E-state index in [0.29, 0.717) is 10.8 Å². The molecule has 0 unspecified atom stereocenters. The summed E-state index contributed by atoms with van der Waals surface area (Å²) in [6.07, 6.45) is 6.81. The maximum Gasteiger partial charge on any atom is 0.222 e. The number of nitrogens with one attached hydrogen (secondary N) is 1. The van der Waals surface area contributed by atoms with Gasteiger partial charge in [0.2, 0.25) is 5.91 Å². The van der Waals surface area contributed by atoms with Crippen LogP contribution in [0.5, 0.6) is 5.75 Å². The Labute approximate surface area is 188 Å². The van der Waals surface area contributed by atoms with Gasteiger partial charge in [0.15, 0.2) is 5.65 Å². The quantitative estimate of drug-likeness (QED) is 0.418. The molecule has 0 aliphatic rings. The smallest absolute Gasteiger partial charge is 0.222 e. The second-order valence-corrected chi connectivity index (χ2v) is 8.68. The topological polar surface area (TPSA) is 94.5 Å². The third kappa shape index (κ3) is 4.56. The first-order valence-corrected chi connectivity index (χ1v) is 10.9. The third-order valence-electron chi connectivity index (χ3n) is 4.86. The van der Waals surface area contributed by atoms with Gasteiger partial charge >= 0.3 is 0 Å². The second-order valence-electron chi connectivity index (χ2n) is 7.14. The maximum absolute atomic E-state index is 11.7. The van der Waals surface area contributed by atoms with Gasteiger partial charge in [-0.05, 0) is 25.6 Å². The predicted molar refractivity (Wildman–Crippen MR) is 122 cm³/mol. The van der Waals surface area contributed by atoms with Crippen LogP contribution in [-0.2, 0) is 17.8 Å². The number of benzene rings is 1.